The van der Waals surface area contributed by atoms with Gasteiger partial charge >= 0.3 is 0 Å². The lowest BCUT2D eigenvalue weighted by Gasteiger charge is -2.11. The minimum atomic E-state index is -0.904. The molecule has 0 saturated heterocycles. The van der Waals surface area contributed by atoms with E-state index in [-0.39, 0.29) is 11.8 Å². The zero-order chi connectivity index (χ0) is 12.1. The Morgan fingerprint density at radius 2 is 2.00 bits per heavy atom. The van der Waals surface area contributed by atoms with Crippen LogP contribution >= 0.6 is 0 Å². The second-order valence-corrected chi connectivity index (χ2v) is 5.45. The first-order valence-electron chi connectivity index (χ1n) is 5.19. The van der Waals surface area contributed by atoms with Gasteiger partial charge in [-0.05, 0) is 11.6 Å². The quantitative estimate of drug-likeness (QED) is 0.875. The number of carbonyl (C=O) groups excluding carboxylic acids is 1. The Morgan fingerprint density at radius 3 is 2.56 bits per heavy atom. The molecular formula is C12H17NO2S. The number of rotatable bonds is 4. The van der Waals surface area contributed by atoms with Crippen LogP contribution in [0.2, 0.25) is 0 Å². The Labute approximate surface area is 98.7 Å². The van der Waals surface area contributed by atoms with Gasteiger partial charge in [-0.25, -0.2) is 0 Å². The third-order valence-corrected chi connectivity index (χ3v) is 2.88. The van der Waals surface area contributed by atoms with Gasteiger partial charge in [0.1, 0.15) is 0 Å². The first kappa shape index (κ1) is 12.9. The molecule has 0 radical (unpaired) electrons. The van der Waals surface area contributed by atoms with Crippen LogP contribution < -0.4 is 5.32 Å². The van der Waals surface area contributed by atoms with E-state index in [0.29, 0.717) is 5.75 Å². The molecule has 1 aromatic carbocycles. The second-order valence-electron chi connectivity index (χ2n) is 4.02. The van der Waals surface area contributed by atoms with Crippen molar-refractivity contribution in [2.75, 3.05) is 11.6 Å². The van der Waals surface area contributed by atoms with Crippen LogP contribution in [0.1, 0.15) is 19.4 Å². The fourth-order valence-corrected chi connectivity index (χ4v) is 1.95. The van der Waals surface area contributed by atoms with E-state index in [9.17, 15) is 9.00 Å². The van der Waals surface area contributed by atoms with Gasteiger partial charge in [0, 0.05) is 28.7 Å². The number of anilines is 1. The van der Waals surface area contributed by atoms with E-state index in [1.165, 1.54) is 0 Å². The largest absolute Gasteiger partial charge is 0.326 e. The van der Waals surface area contributed by atoms with Crippen molar-refractivity contribution >= 4 is 22.4 Å². The zero-order valence-corrected chi connectivity index (χ0v) is 10.6. The molecular weight excluding hydrogens is 222 g/mol. The fraction of sp³-hybridized carbons (Fsp3) is 0.417. The van der Waals surface area contributed by atoms with Gasteiger partial charge in [-0.15, -0.1) is 0 Å². The molecule has 3 nitrogen and oxygen atoms in total. The van der Waals surface area contributed by atoms with Gasteiger partial charge in [0.15, 0.2) is 0 Å². The van der Waals surface area contributed by atoms with E-state index in [2.05, 4.69) is 5.32 Å². The molecule has 16 heavy (non-hydrogen) atoms. The molecule has 1 atom stereocenters. The Kier molecular flexibility index (Phi) is 4.68. The summed E-state index contributed by atoms with van der Waals surface area (Å²) in [6, 6.07) is 7.46. The molecule has 1 amide bonds. The SMILES string of the molecule is CC(C)C(=O)Nc1ccccc1CS(C)=O. The summed E-state index contributed by atoms with van der Waals surface area (Å²) in [5, 5.41) is 2.84. The number of hydrogen-bond acceptors (Lipinski definition) is 2. The number of nitrogens with one attached hydrogen (secondary N) is 1. The predicted molar refractivity (Wildman–Crippen MR) is 67.7 cm³/mol. The number of para-hydroxylation sites is 1. The van der Waals surface area contributed by atoms with Gasteiger partial charge in [0.25, 0.3) is 0 Å². The van der Waals surface area contributed by atoms with Crippen molar-refractivity contribution in [2.45, 2.75) is 19.6 Å². The molecule has 1 aromatic rings. The summed E-state index contributed by atoms with van der Waals surface area (Å²) in [5.74, 6) is 0.392. The summed E-state index contributed by atoms with van der Waals surface area (Å²) in [7, 11) is -0.904. The fourth-order valence-electron chi connectivity index (χ4n) is 1.26. The van der Waals surface area contributed by atoms with Crippen LogP contribution in [0.25, 0.3) is 0 Å². The highest BCUT2D eigenvalue weighted by Gasteiger charge is 2.10. The van der Waals surface area contributed by atoms with Gasteiger partial charge in [0.05, 0.1) is 5.75 Å². The number of hydrogen-bond donors (Lipinski definition) is 1. The molecule has 0 bridgehead atoms. The molecule has 0 aromatic heterocycles. The number of benzene rings is 1. The molecule has 0 aliphatic carbocycles. The summed E-state index contributed by atoms with van der Waals surface area (Å²) in [4.78, 5) is 11.6. The van der Waals surface area contributed by atoms with Gasteiger partial charge in [-0.2, -0.15) is 0 Å². The molecule has 1 unspecified atom stereocenters. The van der Waals surface area contributed by atoms with Crippen molar-refractivity contribution in [2.24, 2.45) is 5.92 Å². The number of amides is 1. The van der Waals surface area contributed by atoms with Crippen LogP contribution in [0.15, 0.2) is 24.3 Å². The summed E-state index contributed by atoms with van der Waals surface area (Å²) in [6.45, 7) is 3.69. The molecule has 1 N–H and O–H groups in total. The van der Waals surface area contributed by atoms with Crippen LogP contribution in [-0.2, 0) is 21.3 Å². The van der Waals surface area contributed by atoms with E-state index in [1.807, 2.05) is 38.1 Å². The van der Waals surface area contributed by atoms with Crippen molar-refractivity contribution in [3.05, 3.63) is 29.8 Å². The van der Waals surface area contributed by atoms with Gasteiger partial charge in [-0.3, -0.25) is 9.00 Å². The molecule has 0 spiro atoms. The lowest BCUT2D eigenvalue weighted by molar-refractivity contribution is -0.118. The van der Waals surface area contributed by atoms with Gasteiger partial charge in [0.2, 0.25) is 5.91 Å². The van der Waals surface area contributed by atoms with Crippen LogP contribution in [-0.4, -0.2) is 16.4 Å². The molecule has 4 heteroatoms. The van der Waals surface area contributed by atoms with Crippen molar-refractivity contribution in [1.29, 1.82) is 0 Å². The van der Waals surface area contributed by atoms with Crippen molar-refractivity contribution < 1.29 is 9.00 Å². The summed E-state index contributed by atoms with van der Waals surface area (Å²) < 4.78 is 11.2. The van der Waals surface area contributed by atoms with Gasteiger partial charge < -0.3 is 5.32 Å². The van der Waals surface area contributed by atoms with E-state index in [4.69, 9.17) is 0 Å². The lowest BCUT2D eigenvalue weighted by Crippen LogP contribution is -2.18. The van der Waals surface area contributed by atoms with Crippen molar-refractivity contribution in [3.8, 4) is 0 Å². The summed E-state index contributed by atoms with van der Waals surface area (Å²) >= 11 is 0. The summed E-state index contributed by atoms with van der Waals surface area (Å²) in [5.41, 5.74) is 1.67. The van der Waals surface area contributed by atoms with E-state index >= 15 is 0 Å². The van der Waals surface area contributed by atoms with Crippen LogP contribution in [0.4, 0.5) is 5.69 Å². The normalized spacial score (nSPS) is 12.5. The highest BCUT2D eigenvalue weighted by atomic mass is 32.2. The van der Waals surface area contributed by atoms with E-state index in [1.54, 1.807) is 6.26 Å². The number of carbonyl (C=O) groups is 1. The minimum Gasteiger partial charge on any atom is -0.326 e. The topological polar surface area (TPSA) is 46.2 Å². The summed E-state index contributed by atoms with van der Waals surface area (Å²) in [6.07, 6.45) is 1.65. The maximum atomic E-state index is 11.6. The van der Waals surface area contributed by atoms with Gasteiger partial charge in [-0.1, -0.05) is 32.0 Å². The second kappa shape index (κ2) is 5.80. The molecule has 0 saturated carbocycles. The lowest BCUT2D eigenvalue weighted by atomic mass is 10.1. The van der Waals surface area contributed by atoms with E-state index in [0.717, 1.165) is 11.3 Å². The Bertz CT molecular complexity index is 402. The molecule has 0 fully saturated rings. The molecule has 0 aliphatic rings. The average molecular weight is 239 g/mol. The Morgan fingerprint density at radius 1 is 1.38 bits per heavy atom. The first-order chi connectivity index (χ1) is 7.50. The minimum absolute atomic E-state index is 0.0191. The highest BCUT2D eigenvalue weighted by Crippen LogP contribution is 2.17. The monoisotopic (exact) mass is 239 g/mol. The predicted octanol–water partition coefficient (Wildman–Crippen LogP) is 2.16. The molecule has 1 rings (SSSR count). The standard InChI is InChI=1S/C12H17NO2S/c1-9(2)12(14)13-11-7-5-4-6-10(11)8-16(3)15/h4-7,9H,8H2,1-3H3,(H,13,14). The van der Waals surface area contributed by atoms with E-state index < -0.39 is 10.8 Å². The Hall–Kier alpha value is -1.16. The maximum Gasteiger partial charge on any atom is 0.226 e. The smallest absolute Gasteiger partial charge is 0.226 e. The molecule has 0 heterocycles. The zero-order valence-electron chi connectivity index (χ0n) is 9.82. The molecule has 88 valence electrons. The third-order valence-electron chi connectivity index (χ3n) is 2.16. The van der Waals surface area contributed by atoms with Crippen LogP contribution in [0, 0.1) is 5.92 Å². The third kappa shape index (κ3) is 3.77. The first-order valence-corrected chi connectivity index (χ1v) is 6.92. The Balaban J connectivity index is 2.86. The molecule has 0 aliphatic heterocycles. The maximum absolute atomic E-state index is 11.6. The average Bonchev–Trinajstić information content (AvgIpc) is 2.20. The van der Waals surface area contributed by atoms with Crippen molar-refractivity contribution in [3.63, 3.8) is 0 Å². The van der Waals surface area contributed by atoms with Crippen molar-refractivity contribution in [1.82, 2.24) is 0 Å². The van der Waals surface area contributed by atoms with Crippen LogP contribution in [0.5, 0.6) is 0 Å². The highest BCUT2D eigenvalue weighted by molar-refractivity contribution is 7.83. The van der Waals surface area contributed by atoms with Crippen LogP contribution in [0.3, 0.4) is 0 Å².